The molecule has 0 aliphatic carbocycles. The number of piperidine rings is 1. The van der Waals surface area contributed by atoms with Gasteiger partial charge in [0.2, 0.25) is 0 Å². The Balaban J connectivity index is 2.12. The van der Waals surface area contributed by atoms with Crippen LogP contribution < -0.4 is 4.74 Å². The molecule has 20 heavy (non-hydrogen) atoms. The Kier molecular flexibility index (Phi) is 4.76. The van der Waals surface area contributed by atoms with E-state index in [-0.39, 0.29) is 5.92 Å². The van der Waals surface area contributed by atoms with Crippen LogP contribution in [0.2, 0.25) is 0 Å². The summed E-state index contributed by atoms with van der Waals surface area (Å²) in [4.78, 5) is 18.6. The summed E-state index contributed by atoms with van der Waals surface area (Å²) in [5.74, 6) is 1.53. The van der Waals surface area contributed by atoms with Crippen LogP contribution in [0.5, 0.6) is 5.75 Å². The largest absolute Gasteiger partial charge is 0.496 e. The quantitative estimate of drug-likeness (QED) is 0.847. The highest BCUT2D eigenvalue weighted by Crippen LogP contribution is 2.26. The first-order chi connectivity index (χ1) is 9.56. The zero-order valence-corrected chi connectivity index (χ0v) is 12.9. The predicted molar refractivity (Wildman–Crippen MR) is 78.9 cm³/mol. The molecular weight excluding hydrogens is 252 g/mol. The van der Waals surface area contributed by atoms with Crippen molar-refractivity contribution in [1.82, 2.24) is 9.88 Å². The first-order valence-electron chi connectivity index (χ1n) is 7.31. The fourth-order valence-corrected chi connectivity index (χ4v) is 2.92. The summed E-state index contributed by atoms with van der Waals surface area (Å²) in [6.45, 7) is 8.64. The molecule has 1 atom stereocenters. The SMILES string of the molecule is CCC1CN(Cc2ncc(C)c(OC)c2C)CCC1=O. The standard InChI is InChI=1S/C16H24N2O2/c1-5-13-9-18(7-6-15(13)19)10-14-12(3)16(20-4)11(2)8-17-14/h8,13H,5-7,9-10H2,1-4H3. The highest BCUT2D eigenvalue weighted by Gasteiger charge is 2.26. The molecule has 110 valence electrons. The minimum absolute atomic E-state index is 0.191. The number of aromatic nitrogens is 1. The van der Waals surface area contributed by atoms with Gasteiger partial charge in [-0.25, -0.2) is 0 Å². The van der Waals surface area contributed by atoms with E-state index in [4.69, 9.17) is 4.74 Å². The van der Waals surface area contributed by atoms with Crippen LogP contribution in [-0.4, -0.2) is 35.9 Å². The van der Waals surface area contributed by atoms with Gasteiger partial charge in [-0.15, -0.1) is 0 Å². The number of carbonyl (C=O) groups is 1. The summed E-state index contributed by atoms with van der Waals surface area (Å²) >= 11 is 0. The van der Waals surface area contributed by atoms with Gasteiger partial charge >= 0.3 is 0 Å². The Morgan fingerprint density at radius 3 is 2.85 bits per heavy atom. The van der Waals surface area contributed by atoms with Crippen LogP contribution >= 0.6 is 0 Å². The van der Waals surface area contributed by atoms with Crippen LogP contribution in [0.1, 0.15) is 36.6 Å². The maximum atomic E-state index is 11.8. The first-order valence-corrected chi connectivity index (χ1v) is 7.31. The third-order valence-corrected chi connectivity index (χ3v) is 4.22. The highest BCUT2D eigenvalue weighted by atomic mass is 16.5. The number of rotatable bonds is 4. The molecular formula is C16H24N2O2. The number of nitrogens with zero attached hydrogens (tertiary/aromatic N) is 2. The van der Waals surface area contributed by atoms with E-state index in [1.54, 1.807) is 7.11 Å². The second-order valence-electron chi connectivity index (χ2n) is 5.60. The van der Waals surface area contributed by atoms with E-state index in [1.165, 1.54) is 0 Å². The van der Waals surface area contributed by atoms with Gasteiger partial charge in [-0.2, -0.15) is 0 Å². The summed E-state index contributed by atoms with van der Waals surface area (Å²) < 4.78 is 5.45. The van der Waals surface area contributed by atoms with E-state index in [1.807, 2.05) is 13.1 Å². The summed E-state index contributed by atoms with van der Waals surface area (Å²) in [6.07, 6.45) is 3.47. The molecule has 1 aromatic heterocycles. The van der Waals surface area contributed by atoms with E-state index in [0.29, 0.717) is 12.2 Å². The Labute approximate surface area is 121 Å². The average molecular weight is 276 g/mol. The third-order valence-electron chi connectivity index (χ3n) is 4.22. The van der Waals surface area contributed by atoms with Gasteiger partial charge in [0.15, 0.2) is 0 Å². The second kappa shape index (κ2) is 6.35. The summed E-state index contributed by atoms with van der Waals surface area (Å²) in [5.41, 5.74) is 3.23. The molecule has 1 fully saturated rings. The Morgan fingerprint density at radius 1 is 1.45 bits per heavy atom. The number of likely N-dealkylation sites (tertiary alicyclic amines) is 1. The zero-order chi connectivity index (χ0) is 14.7. The van der Waals surface area contributed by atoms with Crippen molar-refractivity contribution in [2.75, 3.05) is 20.2 Å². The number of hydrogen-bond donors (Lipinski definition) is 0. The van der Waals surface area contributed by atoms with Crippen molar-refractivity contribution >= 4 is 5.78 Å². The lowest BCUT2D eigenvalue weighted by molar-refractivity contribution is -0.126. The van der Waals surface area contributed by atoms with Crippen molar-refractivity contribution in [2.45, 2.75) is 40.2 Å². The molecule has 2 rings (SSSR count). The van der Waals surface area contributed by atoms with Gasteiger partial charge in [-0.3, -0.25) is 14.7 Å². The van der Waals surface area contributed by atoms with Gasteiger partial charge in [-0.1, -0.05) is 6.92 Å². The van der Waals surface area contributed by atoms with Gasteiger partial charge in [0, 0.05) is 49.3 Å². The molecule has 0 saturated carbocycles. The van der Waals surface area contributed by atoms with Crippen molar-refractivity contribution in [2.24, 2.45) is 5.92 Å². The normalized spacial score (nSPS) is 20.2. The van der Waals surface area contributed by atoms with Gasteiger partial charge in [-0.05, 0) is 20.3 Å². The minimum Gasteiger partial charge on any atom is -0.496 e. The van der Waals surface area contributed by atoms with Crippen LogP contribution in [0.15, 0.2) is 6.20 Å². The zero-order valence-electron chi connectivity index (χ0n) is 12.9. The molecule has 1 saturated heterocycles. The van der Waals surface area contributed by atoms with Crippen LogP contribution in [0.3, 0.4) is 0 Å². The van der Waals surface area contributed by atoms with Gasteiger partial charge in [0.1, 0.15) is 11.5 Å². The van der Waals surface area contributed by atoms with Crippen LogP contribution in [0.4, 0.5) is 0 Å². The minimum atomic E-state index is 0.191. The summed E-state index contributed by atoms with van der Waals surface area (Å²) in [7, 11) is 1.70. The smallest absolute Gasteiger partial charge is 0.138 e. The summed E-state index contributed by atoms with van der Waals surface area (Å²) in [5, 5.41) is 0. The van der Waals surface area contributed by atoms with Gasteiger partial charge < -0.3 is 4.74 Å². The van der Waals surface area contributed by atoms with E-state index >= 15 is 0 Å². The maximum Gasteiger partial charge on any atom is 0.138 e. The lowest BCUT2D eigenvalue weighted by Crippen LogP contribution is -2.40. The molecule has 1 aliphatic heterocycles. The number of carbonyl (C=O) groups excluding carboxylic acids is 1. The van der Waals surface area contributed by atoms with Gasteiger partial charge in [0.05, 0.1) is 12.8 Å². The summed E-state index contributed by atoms with van der Waals surface area (Å²) in [6, 6.07) is 0. The van der Waals surface area contributed by atoms with Crippen molar-refractivity contribution in [3.63, 3.8) is 0 Å². The number of aryl methyl sites for hydroxylation is 1. The highest BCUT2D eigenvalue weighted by molar-refractivity contribution is 5.82. The molecule has 1 aromatic rings. The molecule has 0 N–H and O–H groups in total. The van der Waals surface area contributed by atoms with Crippen LogP contribution in [0.25, 0.3) is 0 Å². The number of Topliss-reactive ketones (excluding diaryl/α,β-unsaturated/α-hetero) is 1. The molecule has 0 amide bonds. The molecule has 0 aromatic carbocycles. The molecule has 2 heterocycles. The molecule has 4 heteroatoms. The van der Waals surface area contributed by atoms with Crippen molar-refractivity contribution < 1.29 is 9.53 Å². The average Bonchev–Trinajstić information content (AvgIpc) is 2.44. The lowest BCUT2D eigenvalue weighted by atomic mass is 9.94. The predicted octanol–water partition coefficient (Wildman–Crippen LogP) is 2.51. The van der Waals surface area contributed by atoms with Crippen LogP contribution in [-0.2, 0) is 11.3 Å². The molecule has 0 spiro atoms. The van der Waals surface area contributed by atoms with Crippen LogP contribution in [0, 0.1) is 19.8 Å². The fraction of sp³-hybridized carbons (Fsp3) is 0.625. The van der Waals surface area contributed by atoms with Crippen molar-refractivity contribution in [1.29, 1.82) is 0 Å². The molecule has 0 radical (unpaired) electrons. The number of ether oxygens (including phenoxy) is 1. The first kappa shape index (κ1) is 15.0. The van der Waals surface area contributed by atoms with E-state index in [2.05, 4.69) is 23.7 Å². The van der Waals surface area contributed by atoms with Crippen molar-refractivity contribution in [3.05, 3.63) is 23.0 Å². The van der Waals surface area contributed by atoms with E-state index in [0.717, 1.165) is 48.6 Å². The number of methoxy groups -OCH3 is 1. The topological polar surface area (TPSA) is 42.4 Å². The number of hydrogen-bond acceptors (Lipinski definition) is 4. The second-order valence-corrected chi connectivity index (χ2v) is 5.60. The molecule has 4 nitrogen and oxygen atoms in total. The lowest BCUT2D eigenvalue weighted by Gasteiger charge is -2.31. The Hall–Kier alpha value is -1.42. The molecule has 1 aliphatic rings. The third kappa shape index (κ3) is 3.01. The molecule has 1 unspecified atom stereocenters. The Morgan fingerprint density at radius 2 is 2.20 bits per heavy atom. The number of ketones is 1. The fourth-order valence-electron chi connectivity index (χ4n) is 2.92. The number of pyridine rings is 1. The van der Waals surface area contributed by atoms with E-state index in [9.17, 15) is 4.79 Å². The monoisotopic (exact) mass is 276 g/mol. The van der Waals surface area contributed by atoms with Gasteiger partial charge in [0.25, 0.3) is 0 Å². The maximum absolute atomic E-state index is 11.8. The Bertz CT molecular complexity index is 499. The van der Waals surface area contributed by atoms with Crippen molar-refractivity contribution in [3.8, 4) is 5.75 Å². The molecule has 0 bridgehead atoms. The van der Waals surface area contributed by atoms with E-state index < -0.39 is 0 Å².